The Morgan fingerprint density at radius 2 is 1.81 bits per heavy atom. The summed E-state index contributed by atoms with van der Waals surface area (Å²) in [5, 5.41) is 15.0. The lowest BCUT2D eigenvalue weighted by molar-refractivity contribution is -0.385. The molecular weight excluding hydrogens is 346 g/mol. The van der Waals surface area contributed by atoms with Gasteiger partial charge in [0.25, 0.3) is 0 Å². The van der Waals surface area contributed by atoms with Crippen LogP contribution in [-0.4, -0.2) is 56.6 Å². The van der Waals surface area contributed by atoms with Crippen molar-refractivity contribution in [2.75, 3.05) is 26.2 Å². The first-order chi connectivity index (χ1) is 12.9. The molecule has 1 amide bonds. The van der Waals surface area contributed by atoms with Crippen LogP contribution in [0.2, 0.25) is 0 Å². The molecule has 0 aliphatic carbocycles. The summed E-state index contributed by atoms with van der Waals surface area (Å²) in [6.07, 6.45) is 1.21. The summed E-state index contributed by atoms with van der Waals surface area (Å²) in [5.74, 6) is -0.0499. The summed E-state index contributed by atoms with van der Waals surface area (Å²) >= 11 is 0. The minimum atomic E-state index is -0.553. The van der Waals surface area contributed by atoms with Gasteiger partial charge in [-0.2, -0.15) is 5.10 Å². The normalized spacial score (nSPS) is 16.3. The fourth-order valence-corrected chi connectivity index (χ4v) is 3.43. The number of hydrogen-bond donors (Lipinski definition) is 0. The van der Waals surface area contributed by atoms with Crippen molar-refractivity contribution in [3.8, 4) is 0 Å². The van der Waals surface area contributed by atoms with E-state index in [1.807, 2.05) is 4.90 Å². The van der Waals surface area contributed by atoms with Crippen molar-refractivity contribution in [1.82, 2.24) is 19.6 Å². The molecule has 8 heteroatoms. The molecule has 27 heavy (non-hydrogen) atoms. The predicted octanol–water partition coefficient (Wildman–Crippen LogP) is 2.31. The molecule has 0 saturated carbocycles. The van der Waals surface area contributed by atoms with Crippen molar-refractivity contribution in [3.05, 3.63) is 57.4 Å². The van der Waals surface area contributed by atoms with Gasteiger partial charge in [-0.05, 0) is 26.3 Å². The lowest BCUT2D eigenvalue weighted by Crippen LogP contribution is -2.50. The zero-order chi connectivity index (χ0) is 19.6. The number of benzene rings is 1. The molecule has 1 aliphatic rings. The molecule has 1 aliphatic heterocycles. The Morgan fingerprint density at radius 1 is 1.19 bits per heavy atom. The topological polar surface area (TPSA) is 84.5 Å². The monoisotopic (exact) mass is 371 g/mol. The predicted molar refractivity (Wildman–Crippen MR) is 101 cm³/mol. The van der Waals surface area contributed by atoms with E-state index in [0.717, 1.165) is 19.6 Å². The van der Waals surface area contributed by atoms with Gasteiger partial charge in [-0.1, -0.05) is 29.8 Å². The fraction of sp³-hybridized carbons (Fsp3) is 0.474. The van der Waals surface area contributed by atoms with Crippen LogP contribution >= 0.6 is 0 Å². The van der Waals surface area contributed by atoms with Gasteiger partial charge >= 0.3 is 5.69 Å². The van der Waals surface area contributed by atoms with Crippen LogP contribution in [0.1, 0.15) is 29.8 Å². The van der Waals surface area contributed by atoms with Gasteiger partial charge in [0.05, 0.1) is 4.92 Å². The van der Waals surface area contributed by atoms with Crippen LogP contribution in [0.4, 0.5) is 5.69 Å². The van der Waals surface area contributed by atoms with Crippen LogP contribution in [0, 0.1) is 24.0 Å². The van der Waals surface area contributed by atoms with Crippen molar-refractivity contribution < 1.29 is 9.72 Å². The summed E-state index contributed by atoms with van der Waals surface area (Å²) in [4.78, 5) is 27.5. The van der Waals surface area contributed by atoms with Gasteiger partial charge in [0.15, 0.2) is 0 Å². The van der Waals surface area contributed by atoms with Crippen molar-refractivity contribution in [2.24, 2.45) is 0 Å². The maximum Gasteiger partial charge on any atom is 0.309 e. The number of piperazine rings is 1. The summed E-state index contributed by atoms with van der Waals surface area (Å²) in [6.45, 7) is 9.23. The number of nitro groups is 1. The number of rotatable bonds is 5. The molecule has 144 valence electrons. The highest BCUT2D eigenvalue weighted by Crippen LogP contribution is 2.21. The van der Waals surface area contributed by atoms with E-state index < -0.39 is 11.0 Å². The molecule has 1 atom stereocenters. The highest BCUT2D eigenvalue weighted by Gasteiger charge is 2.29. The Kier molecular flexibility index (Phi) is 5.55. The second-order valence-electron chi connectivity index (χ2n) is 7.08. The van der Waals surface area contributed by atoms with Gasteiger partial charge in [-0.3, -0.25) is 24.5 Å². The van der Waals surface area contributed by atoms with Gasteiger partial charge < -0.3 is 4.90 Å². The van der Waals surface area contributed by atoms with Gasteiger partial charge in [0, 0.05) is 32.7 Å². The van der Waals surface area contributed by atoms with E-state index >= 15 is 0 Å². The SMILES string of the molecule is Cc1ccc(CN2CCN(C(=O)C(C)n3ncc([N+](=O)[O-])c3C)CC2)cc1. The molecule has 1 unspecified atom stereocenters. The number of nitrogens with zero attached hydrogens (tertiary/aromatic N) is 5. The average Bonchev–Trinajstić information content (AvgIpc) is 3.05. The van der Waals surface area contributed by atoms with Crippen LogP contribution < -0.4 is 0 Å². The molecule has 1 aromatic carbocycles. The molecule has 0 radical (unpaired) electrons. The second-order valence-corrected chi connectivity index (χ2v) is 7.08. The van der Waals surface area contributed by atoms with E-state index in [0.29, 0.717) is 18.8 Å². The summed E-state index contributed by atoms with van der Waals surface area (Å²) in [6, 6.07) is 7.96. The zero-order valence-electron chi connectivity index (χ0n) is 16.0. The maximum absolute atomic E-state index is 12.8. The minimum Gasteiger partial charge on any atom is -0.338 e. The third kappa shape index (κ3) is 4.16. The Morgan fingerprint density at radius 3 is 2.37 bits per heavy atom. The van der Waals surface area contributed by atoms with Crippen LogP contribution in [0.15, 0.2) is 30.5 Å². The van der Waals surface area contributed by atoms with Crippen molar-refractivity contribution >= 4 is 11.6 Å². The second kappa shape index (κ2) is 7.87. The van der Waals surface area contributed by atoms with Crippen LogP contribution in [0.5, 0.6) is 0 Å². The number of carbonyl (C=O) groups excluding carboxylic acids is 1. The first-order valence-corrected chi connectivity index (χ1v) is 9.12. The van der Waals surface area contributed by atoms with E-state index in [4.69, 9.17) is 0 Å². The standard InChI is InChI=1S/C19H25N5O3/c1-14-4-6-17(7-5-14)13-21-8-10-22(11-9-21)19(25)16(3)23-15(2)18(12-20-23)24(26)27/h4-7,12,16H,8-11,13H2,1-3H3. The van der Waals surface area contributed by atoms with E-state index in [1.54, 1.807) is 13.8 Å². The first kappa shape index (κ1) is 19.0. The molecule has 0 N–H and O–H groups in total. The number of amides is 1. The van der Waals surface area contributed by atoms with Crippen molar-refractivity contribution in [1.29, 1.82) is 0 Å². The molecule has 1 aromatic heterocycles. The molecule has 3 rings (SSSR count). The van der Waals surface area contributed by atoms with Crippen LogP contribution in [0.3, 0.4) is 0 Å². The van der Waals surface area contributed by atoms with Crippen molar-refractivity contribution in [3.63, 3.8) is 0 Å². The van der Waals surface area contributed by atoms with Gasteiger partial charge in [-0.25, -0.2) is 0 Å². The van der Waals surface area contributed by atoms with Gasteiger partial charge in [0.1, 0.15) is 17.9 Å². The third-order valence-corrected chi connectivity index (χ3v) is 5.15. The summed E-state index contributed by atoms with van der Waals surface area (Å²) < 4.78 is 1.44. The Bertz CT molecular complexity index is 822. The zero-order valence-corrected chi connectivity index (χ0v) is 16.0. The van der Waals surface area contributed by atoms with Crippen LogP contribution in [-0.2, 0) is 11.3 Å². The Hall–Kier alpha value is -2.74. The highest BCUT2D eigenvalue weighted by molar-refractivity contribution is 5.80. The third-order valence-electron chi connectivity index (χ3n) is 5.15. The van der Waals surface area contributed by atoms with E-state index in [9.17, 15) is 14.9 Å². The molecule has 2 heterocycles. The van der Waals surface area contributed by atoms with Gasteiger partial charge in [-0.15, -0.1) is 0 Å². The molecular formula is C19H25N5O3. The Labute approximate surface area is 158 Å². The molecule has 2 aromatic rings. The lowest BCUT2D eigenvalue weighted by atomic mass is 10.1. The molecule has 0 spiro atoms. The van der Waals surface area contributed by atoms with Crippen LogP contribution in [0.25, 0.3) is 0 Å². The summed E-state index contributed by atoms with van der Waals surface area (Å²) in [5.41, 5.74) is 2.86. The minimum absolute atomic E-state index is 0.0499. The number of hydrogen-bond acceptors (Lipinski definition) is 5. The maximum atomic E-state index is 12.8. The molecule has 1 fully saturated rings. The van der Waals surface area contributed by atoms with Crippen molar-refractivity contribution in [2.45, 2.75) is 33.4 Å². The summed E-state index contributed by atoms with van der Waals surface area (Å²) in [7, 11) is 0. The average molecular weight is 371 g/mol. The molecule has 0 bridgehead atoms. The van der Waals surface area contributed by atoms with E-state index in [-0.39, 0.29) is 11.6 Å². The fourth-order valence-electron chi connectivity index (χ4n) is 3.43. The smallest absolute Gasteiger partial charge is 0.309 e. The quantitative estimate of drug-likeness (QED) is 0.595. The van der Waals surface area contributed by atoms with E-state index in [1.165, 1.54) is 22.0 Å². The molecule has 8 nitrogen and oxygen atoms in total. The number of aryl methyl sites for hydroxylation is 1. The van der Waals surface area contributed by atoms with Gasteiger partial charge in [0.2, 0.25) is 5.91 Å². The molecule has 1 saturated heterocycles. The van der Waals surface area contributed by atoms with E-state index in [2.05, 4.69) is 41.2 Å². The number of carbonyl (C=O) groups is 1. The largest absolute Gasteiger partial charge is 0.338 e. The number of aromatic nitrogens is 2. The Balaban J connectivity index is 1.58. The lowest BCUT2D eigenvalue weighted by Gasteiger charge is -2.36. The highest BCUT2D eigenvalue weighted by atomic mass is 16.6. The first-order valence-electron chi connectivity index (χ1n) is 9.12.